The van der Waals surface area contributed by atoms with Gasteiger partial charge in [-0.2, -0.15) is 0 Å². The summed E-state index contributed by atoms with van der Waals surface area (Å²) in [5.41, 5.74) is 2.26. The summed E-state index contributed by atoms with van der Waals surface area (Å²) in [5.74, 6) is 0.245. The third kappa shape index (κ3) is 1.77. The van der Waals surface area contributed by atoms with Gasteiger partial charge < -0.3 is 10.6 Å². The molecule has 3 heteroatoms. The lowest BCUT2D eigenvalue weighted by molar-refractivity contribution is -0.122. The molecule has 1 saturated carbocycles. The smallest absolute Gasteiger partial charge is 0.227 e. The van der Waals surface area contributed by atoms with Crippen molar-refractivity contribution in [3.63, 3.8) is 0 Å². The molecule has 1 aliphatic heterocycles. The maximum Gasteiger partial charge on any atom is 0.227 e. The molecule has 1 aliphatic carbocycles. The zero-order valence-electron chi connectivity index (χ0n) is 9.20. The summed E-state index contributed by atoms with van der Waals surface area (Å²) in [7, 11) is 0. The summed E-state index contributed by atoms with van der Waals surface area (Å²) in [4.78, 5) is 12.1. The van der Waals surface area contributed by atoms with Crippen LogP contribution in [0.15, 0.2) is 24.3 Å². The van der Waals surface area contributed by atoms with Crippen LogP contribution in [0.4, 0.5) is 5.69 Å². The second kappa shape index (κ2) is 3.81. The molecule has 84 valence electrons. The molecule has 16 heavy (non-hydrogen) atoms. The van der Waals surface area contributed by atoms with Crippen molar-refractivity contribution in [2.75, 3.05) is 11.9 Å². The van der Waals surface area contributed by atoms with E-state index in [1.807, 2.05) is 18.2 Å². The average Bonchev–Trinajstić information content (AvgIpc) is 3.12. The molecule has 3 rings (SSSR count). The summed E-state index contributed by atoms with van der Waals surface area (Å²) in [6.07, 6.45) is 3.20. The van der Waals surface area contributed by atoms with E-state index in [-0.39, 0.29) is 11.8 Å². The van der Waals surface area contributed by atoms with Crippen LogP contribution in [-0.4, -0.2) is 18.5 Å². The van der Waals surface area contributed by atoms with Crippen LogP contribution in [0, 0.1) is 0 Å². The van der Waals surface area contributed by atoms with Crippen molar-refractivity contribution in [2.45, 2.75) is 31.2 Å². The Balaban J connectivity index is 1.82. The Kier molecular flexibility index (Phi) is 2.31. The number of carbonyl (C=O) groups is 1. The Hall–Kier alpha value is -1.51. The maximum absolute atomic E-state index is 12.1. The Bertz CT molecular complexity index is 412. The fourth-order valence-corrected chi connectivity index (χ4v) is 2.27. The van der Waals surface area contributed by atoms with Gasteiger partial charge in [-0.25, -0.2) is 0 Å². The van der Waals surface area contributed by atoms with Crippen molar-refractivity contribution in [3.8, 4) is 0 Å². The van der Waals surface area contributed by atoms with Gasteiger partial charge in [0.1, 0.15) is 0 Å². The van der Waals surface area contributed by atoms with Gasteiger partial charge in [0.25, 0.3) is 0 Å². The van der Waals surface area contributed by atoms with Crippen molar-refractivity contribution < 1.29 is 4.79 Å². The fourth-order valence-electron chi connectivity index (χ4n) is 2.27. The highest BCUT2D eigenvalue weighted by molar-refractivity contribution is 5.86. The lowest BCUT2D eigenvalue weighted by atomic mass is 9.90. The number of carbonyl (C=O) groups excluding carboxylic acids is 1. The molecule has 0 spiro atoms. The molecule has 1 fully saturated rings. The Morgan fingerprint density at radius 1 is 1.25 bits per heavy atom. The molecule has 0 saturated heterocycles. The number of hydrogen-bond acceptors (Lipinski definition) is 2. The SMILES string of the molecule is O=C(NC1CC1)[C@@H]1CCNc2ccccc21. The molecule has 1 amide bonds. The quantitative estimate of drug-likeness (QED) is 0.792. The molecule has 2 aliphatic rings. The van der Waals surface area contributed by atoms with Crippen LogP contribution in [-0.2, 0) is 4.79 Å². The molecule has 1 aromatic rings. The van der Waals surface area contributed by atoms with Crippen LogP contribution in [0.2, 0.25) is 0 Å². The normalized spacial score (nSPS) is 23.1. The molecule has 0 unspecified atom stereocenters. The van der Waals surface area contributed by atoms with Gasteiger partial charge in [-0.05, 0) is 30.9 Å². The molecule has 3 nitrogen and oxygen atoms in total. The number of benzene rings is 1. The third-order valence-electron chi connectivity index (χ3n) is 3.32. The molecular formula is C13H16N2O. The predicted molar refractivity (Wildman–Crippen MR) is 63.5 cm³/mol. The monoisotopic (exact) mass is 216 g/mol. The van der Waals surface area contributed by atoms with Gasteiger partial charge in [0.2, 0.25) is 5.91 Å². The summed E-state index contributed by atoms with van der Waals surface area (Å²) in [5, 5.41) is 6.43. The molecule has 0 bridgehead atoms. The van der Waals surface area contributed by atoms with Gasteiger partial charge in [0, 0.05) is 18.3 Å². The average molecular weight is 216 g/mol. The van der Waals surface area contributed by atoms with Crippen molar-refractivity contribution in [3.05, 3.63) is 29.8 Å². The van der Waals surface area contributed by atoms with Crippen LogP contribution >= 0.6 is 0 Å². The van der Waals surface area contributed by atoms with Gasteiger partial charge in [-0.1, -0.05) is 18.2 Å². The molecule has 1 aromatic carbocycles. The van der Waals surface area contributed by atoms with Crippen LogP contribution in [0.5, 0.6) is 0 Å². The number of rotatable bonds is 2. The Morgan fingerprint density at radius 3 is 2.88 bits per heavy atom. The van der Waals surface area contributed by atoms with E-state index < -0.39 is 0 Å². The fraction of sp³-hybridized carbons (Fsp3) is 0.462. The summed E-state index contributed by atoms with van der Waals surface area (Å²) >= 11 is 0. The molecule has 2 N–H and O–H groups in total. The second-order valence-corrected chi connectivity index (χ2v) is 4.64. The van der Waals surface area contributed by atoms with E-state index in [1.165, 1.54) is 0 Å². The first kappa shape index (κ1) is 9.70. The first-order valence-electron chi connectivity index (χ1n) is 5.98. The molecular weight excluding hydrogens is 200 g/mol. The number of fused-ring (bicyclic) bond motifs is 1. The summed E-state index contributed by atoms with van der Waals surface area (Å²) in [6, 6.07) is 8.57. The molecule has 0 radical (unpaired) electrons. The Morgan fingerprint density at radius 2 is 2.06 bits per heavy atom. The number of anilines is 1. The highest BCUT2D eigenvalue weighted by Crippen LogP contribution is 2.32. The Labute approximate surface area is 95.2 Å². The minimum atomic E-state index is 0.0399. The number of para-hydroxylation sites is 1. The van der Waals surface area contributed by atoms with Crippen molar-refractivity contribution in [2.24, 2.45) is 0 Å². The van der Waals surface area contributed by atoms with Gasteiger partial charge in [-0.3, -0.25) is 4.79 Å². The van der Waals surface area contributed by atoms with Crippen LogP contribution in [0.25, 0.3) is 0 Å². The van der Waals surface area contributed by atoms with Crippen molar-refractivity contribution in [1.29, 1.82) is 0 Å². The maximum atomic E-state index is 12.1. The molecule has 0 aromatic heterocycles. The summed E-state index contributed by atoms with van der Waals surface area (Å²) in [6.45, 7) is 0.889. The van der Waals surface area contributed by atoms with Gasteiger partial charge >= 0.3 is 0 Å². The van der Waals surface area contributed by atoms with Crippen LogP contribution in [0.1, 0.15) is 30.7 Å². The zero-order valence-corrected chi connectivity index (χ0v) is 9.20. The molecule has 1 atom stereocenters. The second-order valence-electron chi connectivity index (χ2n) is 4.64. The lowest BCUT2D eigenvalue weighted by Crippen LogP contribution is -2.34. The van der Waals surface area contributed by atoms with E-state index >= 15 is 0 Å². The highest BCUT2D eigenvalue weighted by atomic mass is 16.2. The van der Waals surface area contributed by atoms with Gasteiger partial charge in [-0.15, -0.1) is 0 Å². The summed E-state index contributed by atoms with van der Waals surface area (Å²) < 4.78 is 0. The van der Waals surface area contributed by atoms with E-state index in [0.717, 1.165) is 37.1 Å². The molecule has 1 heterocycles. The lowest BCUT2D eigenvalue weighted by Gasteiger charge is -2.25. The van der Waals surface area contributed by atoms with Crippen molar-refractivity contribution in [1.82, 2.24) is 5.32 Å². The van der Waals surface area contributed by atoms with E-state index in [0.29, 0.717) is 6.04 Å². The van der Waals surface area contributed by atoms with E-state index in [9.17, 15) is 4.79 Å². The predicted octanol–water partition coefficient (Wildman–Crippen LogP) is 1.86. The topological polar surface area (TPSA) is 41.1 Å². The van der Waals surface area contributed by atoms with Gasteiger partial charge in [0.15, 0.2) is 0 Å². The standard InChI is InChI=1S/C13H16N2O/c16-13(15-9-5-6-9)11-7-8-14-12-4-2-1-3-10(11)12/h1-4,9,11,14H,5-8H2,(H,15,16)/t11-/m1/s1. The third-order valence-corrected chi connectivity index (χ3v) is 3.32. The largest absolute Gasteiger partial charge is 0.385 e. The van der Waals surface area contributed by atoms with Gasteiger partial charge in [0.05, 0.1) is 5.92 Å². The van der Waals surface area contributed by atoms with E-state index in [2.05, 4.69) is 16.7 Å². The van der Waals surface area contributed by atoms with Crippen LogP contribution < -0.4 is 10.6 Å². The number of hydrogen-bond donors (Lipinski definition) is 2. The highest BCUT2D eigenvalue weighted by Gasteiger charge is 2.30. The first-order chi connectivity index (χ1) is 7.84. The van der Waals surface area contributed by atoms with Crippen molar-refractivity contribution >= 4 is 11.6 Å². The number of nitrogens with one attached hydrogen (secondary N) is 2. The van der Waals surface area contributed by atoms with E-state index in [4.69, 9.17) is 0 Å². The van der Waals surface area contributed by atoms with Crippen LogP contribution in [0.3, 0.4) is 0 Å². The zero-order chi connectivity index (χ0) is 11.0. The minimum Gasteiger partial charge on any atom is -0.385 e. The number of amides is 1. The first-order valence-corrected chi connectivity index (χ1v) is 5.98. The van der Waals surface area contributed by atoms with E-state index in [1.54, 1.807) is 0 Å². The minimum absolute atomic E-state index is 0.0399.